The average Bonchev–Trinajstić information content (AvgIpc) is 2.40. The van der Waals surface area contributed by atoms with Gasteiger partial charge in [-0.05, 0) is 31.2 Å². The zero-order valence-electron chi connectivity index (χ0n) is 10.7. The van der Waals surface area contributed by atoms with Gasteiger partial charge in [0, 0.05) is 5.69 Å². The number of aryl methyl sites for hydroxylation is 1. The second-order valence-corrected chi connectivity index (χ2v) is 4.08. The van der Waals surface area contributed by atoms with Crippen molar-refractivity contribution in [3.63, 3.8) is 0 Å². The zero-order valence-corrected chi connectivity index (χ0v) is 10.7. The second kappa shape index (κ2) is 5.53. The summed E-state index contributed by atoms with van der Waals surface area (Å²) in [6, 6.07) is 5.44. The van der Waals surface area contributed by atoms with Gasteiger partial charge in [-0.1, -0.05) is 0 Å². The molecule has 2 rings (SSSR count). The Morgan fingerprint density at radius 3 is 2.71 bits per heavy atom. The van der Waals surface area contributed by atoms with Crippen molar-refractivity contribution in [3.8, 4) is 11.6 Å². The minimum absolute atomic E-state index is 0.251. The summed E-state index contributed by atoms with van der Waals surface area (Å²) in [4.78, 5) is 25.0. The molecule has 7 nitrogen and oxygen atoms in total. The Morgan fingerprint density at radius 2 is 2.10 bits per heavy atom. The molecule has 0 atom stereocenters. The van der Waals surface area contributed by atoms with Gasteiger partial charge in [0.25, 0.3) is 0 Å². The van der Waals surface area contributed by atoms with Gasteiger partial charge in [0.1, 0.15) is 11.4 Å². The van der Waals surface area contributed by atoms with Gasteiger partial charge in [0.15, 0.2) is 0 Å². The van der Waals surface area contributed by atoms with E-state index in [1.807, 2.05) is 0 Å². The van der Waals surface area contributed by atoms with Crippen molar-refractivity contribution >= 4 is 11.7 Å². The maximum absolute atomic E-state index is 13.0. The van der Waals surface area contributed by atoms with E-state index in [4.69, 9.17) is 9.84 Å². The fourth-order valence-corrected chi connectivity index (χ4v) is 1.60. The Hall–Kier alpha value is -3.03. The van der Waals surface area contributed by atoms with Crippen LogP contribution in [0, 0.1) is 22.9 Å². The molecular formula is C13H9FN2O5. The molecule has 0 spiro atoms. The van der Waals surface area contributed by atoms with Gasteiger partial charge >= 0.3 is 11.7 Å². The summed E-state index contributed by atoms with van der Waals surface area (Å²) in [5.41, 5.74) is -0.395. The molecule has 1 heterocycles. The third-order valence-electron chi connectivity index (χ3n) is 2.55. The summed E-state index contributed by atoms with van der Waals surface area (Å²) in [5, 5.41) is 19.9. The van der Waals surface area contributed by atoms with Crippen LogP contribution in [0.3, 0.4) is 0 Å². The van der Waals surface area contributed by atoms with Crippen LogP contribution in [0.5, 0.6) is 11.6 Å². The minimum Gasteiger partial charge on any atom is -0.477 e. The van der Waals surface area contributed by atoms with Gasteiger partial charge in [-0.3, -0.25) is 10.1 Å². The maximum Gasteiger partial charge on any atom is 0.341 e. The molecule has 21 heavy (non-hydrogen) atoms. The number of carbonyl (C=O) groups is 1. The van der Waals surface area contributed by atoms with Gasteiger partial charge in [-0.2, -0.15) is 0 Å². The number of nitro benzene ring substituents is 1. The molecule has 0 aliphatic heterocycles. The first-order valence-electron chi connectivity index (χ1n) is 5.71. The van der Waals surface area contributed by atoms with Crippen molar-refractivity contribution in [1.29, 1.82) is 0 Å². The Balaban J connectivity index is 2.50. The summed E-state index contributed by atoms with van der Waals surface area (Å²) in [5.74, 6) is -2.67. The number of ether oxygens (including phenoxy) is 1. The normalized spacial score (nSPS) is 10.2. The lowest BCUT2D eigenvalue weighted by Gasteiger charge is -2.08. The van der Waals surface area contributed by atoms with Gasteiger partial charge in [-0.15, -0.1) is 0 Å². The van der Waals surface area contributed by atoms with Gasteiger partial charge in [-0.25, -0.2) is 14.2 Å². The van der Waals surface area contributed by atoms with Crippen molar-refractivity contribution in [2.75, 3.05) is 0 Å². The highest BCUT2D eigenvalue weighted by Crippen LogP contribution is 2.32. The lowest BCUT2D eigenvalue weighted by atomic mass is 10.2. The average molecular weight is 292 g/mol. The van der Waals surface area contributed by atoms with Crippen LogP contribution in [0.1, 0.15) is 16.1 Å². The Morgan fingerprint density at radius 1 is 1.38 bits per heavy atom. The van der Waals surface area contributed by atoms with Crippen molar-refractivity contribution in [2.45, 2.75) is 6.92 Å². The van der Waals surface area contributed by atoms with E-state index in [9.17, 15) is 19.3 Å². The molecule has 0 unspecified atom stereocenters. The van der Waals surface area contributed by atoms with Crippen LogP contribution in [0.15, 0.2) is 30.3 Å². The van der Waals surface area contributed by atoms with E-state index in [0.29, 0.717) is 11.8 Å². The molecular weight excluding hydrogens is 283 g/mol. The quantitative estimate of drug-likeness (QED) is 0.686. The van der Waals surface area contributed by atoms with Crippen LogP contribution in [0.2, 0.25) is 0 Å². The summed E-state index contributed by atoms with van der Waals surface area (Å²) in [6.07, 6.45) is 0. The molecule has 108 valence electrons. The maximum atomic E-state index is 13.0. The molecule has 0 radical (unpaired) electrons. The monoisotopic (exact) mass is 292 g/mol. The number of benzene rings is 1. The Kier molecular flexibility index (Phi) is 3.79. The van der Waals surface area contributed by atoms with E-state index in [1.54, 1.807) is 6.92 Å². The number of aromatic carboxylic acids is 1. The number of rotatable bonds is 4. The van der Waals surface area contributed by atoms with Crippen molar-refractivity contribution in [3.05, 3.63) is 57.5 Å². The van der Waals surface area contributed by atoms with Crippen LogP contribution in [0.25, 0.3) is 0 Å². The molecule has 0 amide bonds. The van der Waals surface area contributed by atoms with E-state index < -0.39 is 22.4 Å². The van der Waals surface area contributed by atoms with Gasteiger partial charge in [0.2, 0.25) is 11.6 Å². The topological polar surface area (TPSA) is 103 Å². The summed E-state index contributed by atoms with van der Waals surface area (Å²) in [6.45, 7) is 1.61. The van der Waals surface area contributed by atoms with Crippen LogP contribution in [0.4, 0.5) is 10.1 Å². The molecule has 0 fully saturated rings. The molecule has 0 aliphatic carbocycles. The number of nitrogens with zero attached hydrogens (tertiary/aromatic N) is 2. The first kappa shape index (κ1) is 14.4. The van der Waals surface area contributed by atoms with Crippen molar-refractivity contribution < 1.29 is 24.0 Å². The summed E-state index contributed by atoms with van der Waals surface area (Å²) >= 11 is 0. The second-order valence-electron chi connectivity index (χ2n) is 4.08. The predicted molar refractivity (Wildman–Crippen MR) is 69.1 cm³/mol. The number of nitro groups is 1. The standard InChI is InChI=1S/C13H9FN2O5/c1-7-2-4-9(13(17)18)12(15-7)21-11-5-3-8(14)6-10(11)16(19)20/h2-6H,1H3,(H,17,18). The van der Waals surface area contributed by atoms with E-state index in [-0.39, 0.29) is 17.2 Å². The third-order valence-corrected chi connectivity index (χ3v) is 2.55. The molecule has 2 aromatic rings. The molecule has 1 N–H and O–H groups in total. The Labute approximate surface area is 117 Å². The predicted octanol–water partition coefficient (Wildman–Crippen LogP) is 2.93. The highest BCUT2D eigenvalue weighted by molar-refractivity contribution is 5.90. The lowest BCUT2D eigenvalue weighted by Crippen LogP contribution is -2.04. The third kappa shape index (κ3) is 3.11. The highest BCUT2D eigenvalue weighted by Gasteiger charge is 2.20. The fourth-order valence-electron chi connectivity index (χ4n) is 1.60. The number of halogens is 1. The molecule has 0 saturated carbocycles. The number of pyridine rings is 1. The Bertz CT molecular complexity index is 732. The minimum atomic E-state index is -1.29. The number of aromatic nitrogens is 1. The largest absolute Gasteiger partial charge is 0.477 e. The molecule has 1 aromatic carbocycles. The molecule has 0 saturated heterocycles. The smallest absolute Gasteiger partial charge is 0.341 e. The summed E-state index contributed by atoms with van der Waals surface area (Å²) < 4.78 is 18.2. The lowest BCUT2D eigenvalue weighted by molar-refractivity contribution is -0.385. The number of hydrogen-bond donors (Lipinski definition) is 1. The van der Waals surface area contributed by atoms with Crippen LogP contribution >= 0.6 is 0 Å². The first-order chi connectivity index (χ1) is 9.88. The molecule has 0 aliphatic rings. The van der Waals surface area contributed by atoms with Crippen molar-refractivity contribution in [2.24, 2.45) is 0 Å². The van der Waals surface area contributed by atoms with Crippen LogP contribution < -0.4 is 4.74 Å². The highest BCUT2D eigenvalue weighted by atomic mass is 19.1. The number of carboxylic acid groups (broad SMARTS) is 1. The number of carboxylic acids is 1. The van der Waals surface area contributed by atoms with E-state index in [1.165, 1.54) is 12.1 Å². The molecule has 8 heteroatoms. The summed E-state index contributed by atoms with van der Waals surface area (Å²) in [7, 11) is 0. The van der Waals surface area contributed by atoms with Crippen molar-refractivity contribution in [1.82, 2.24) is 4.98 Å². The van der Waals surface area contributed by atoms with Crippen LogP contribution in [-0.4, -0.2) is 21.0 Å². The molecule has 0 bridgehead atoms. The van der Waals surface area contributed by atoms with Gasteiger partial charge < -0.3 is 9.84 Å². The first-order valence-corrected chi connectivity index (χ1v) is 5.71. The molecule has 1 aromatic heterocycles. The zero-order chi connectivity index (χ0) is 15.6. The van der Waals surface area contributed by atoms with Gasteiger partial charge in [0.05, 0.1) is 11.0 Å². The number of hydrogen-bond acceptors (Lipinski definition) is 5. The van der Waals surface area contributed by atoms with E-state index in [0.717, 1.165) is 12.1 Å². The van der Waals surface area contributed by atoms with Crippen LogP contribution in [-0.2, 0) is 0 Å². The fraction of sp³-hybridized carbons (Fsp3) is 0.0769. The SMILES string of the molecule is Cc1ccc(C(=O)O)c(Oc2ccc(F)cc2[N+](=O)[O-])n1. The van der Waals surface area contributed by atoms with E-state index in [2.05, 4.69) is 4.98 Å². The van der Waals surface area contributed by atoms with E-state index >= 15 is 0 Å².